The van der Waals surface area contributed by atoms with Crippen LogP contribution in [0.1, 0.15) is 16.7 Å². The second kappa shape index (κ2) is 11.4. The van der Waals surface area contributed by atoms with Crippen LogP contribution in [0.2, 0.25) is 0 Å². The molecule has 0 radical (unpaired) electrons. The summed E-state index contributed by atoms with van der Waals surface area (Å²) in [5, 5.41) is 14.6. The number of aryl methyl sites for hydroxylation is 1. The number of nitriles is 1. The lowest BCUT2D eigenvalue weighted by Crippen LogP contribution is -2.13. The fraction of sp³-hybridized carbons (Fsp3) is 0.103. The Balaban J connectivity index is 1.58. The lowest BCUT2D eigenvalue weighted by atomic mass is 10.0. The summed E-state index contributed by atoms with van der Waals surface area (Å²) >= 11 is 6.93. The molecule has 5 nitrogen and oxygen atoms in total. The maximum absolute atomic E-state index is 12.7. The van der Waals surface area contributed by atoms with Crippen molar-refractivity contribution in [2.24, 2.45) is 0 Å². The smallest absolute Gasteiger partial charge is 0.266 e. The quantitative estimate of drug-likeness (QED) is 0.172. The van der Waals surface area contributed by atoms with Gasteiger partial charge in [-0.2, -0.15) is 5.26 Å². The number of anilines is 1. The summed E-state index contributed by atoms with van der Waals surface area (Å²) in [6.45, 7) is 2.42. The van der Waals surface area contributed by atoms with E-state index in [1.165, 1.54) is 6.08 Å². The Labute approximate surface area is 226 Å². The number of ether oxygens (including phenoxy) is 2. The van der Waals surface area contributed by atoms with Gasteiger partial charge < -0.3 is 14.8 Å². The summed E-state index contributed by atoms with van der Waals surface area (Å²) in [7, 11) is 1.55. The van der Waals surface area contributed by atoms with E-state index in [-0.39, 0.29) is 5.57 Å². The molecule has 0 aliphatic rings. The minimum Gasteiger partial charge on any atom is -0.493 e. The van der Waals surface area contributed by atoms with Crippen LogP contribution >= 0.6 is 31.9 Å². The van der Waals surface area contributed by atoms with E-state index in [0.717, 1.165) is 26.4 Å². The van der Waals surface area contributed by atoms with E-state index in [1.807, 2.05) is 30.3 Å². The van der Waals surface area contributed by atoms with Gasteiger partial charge in [-0.15, -0.1) is 0 Å². The molecule has 0 heterocycles. The topological polar surface area (TPSA) is 71.3 Å². The number of carbonyl (C=O) groups is 1. The predicted octanol–water partition coefficient (Wildman–Crippen LogP) is 7.81. The van der Waals surface area contributed by atoms with Gasteiger partial charge in [0.05, 0.1) is 11.6 Å². The Kier molecular flexibility index (Phi) is 8.09. The molecule has 0 unspecified atom stereocenters. The first-order valence-corrected chi connectivity index (χ1v) is 12.6. The first-order valence-electron chi connectivity index (χ1n) is 11.1. The number of benzene rings is 4. The molecule has 4 rings (SSSR count). The molecule has 0 saturated heterocycles. The molecule has 1 amide bonds. The van der Waals surface area contributed by atoms with Gasteiger partial charge in [-0.1, -0.05) is 52.3 Å². The average Bonchev–Trinajstić information content (AvgIpc) is 2.88. The molecule has 180 valence electrons. The highest BCUT2D eigenvalue weighted by molar-refractivity contribution is 9.10. The molecule has 0 aromatic heterocycles. The molecule has 0 atom stereocenters. The van der Waals surface area contributed by atoms with E-state index in [4.69, 9.17) is 9.47 Å². The van der Waals surface area contributed by atoms with Crippen molar-refractivity contribution >= 4 is 60.3 Å². The molecule has 0 aliphatic carbocycles. The molecule has 0 spiro atoms. The van der Waals surface area contributed by atoms with Crippen LogP contribution in [0.25, 0.3) is 16.8 Å². The Hall–Kier alpha value is -3.60. The van der Waals surface area contributed by atoms with Crippen LogP contribution < -0.4 is 14.8 Å². The maximum atomic E-state index is 12.7. The summed E-state index contributed by atoms with van der Waals surface area (Å²) in [4.78, 5) is 12.7. The van der Waals surface area contributed by atoms with Gasteiger partial charge in [0.15, 0.2) is 11.5 Å². The highest BCUT2D eigenvalue weighted by atomic mass is 79.9. The molecule has 0 bridgehead atoms. The number of fused-ring (bicyclic) bond motifs is 1. The summed E-state index contributed by atoms with van der Waals surface area (Å²) < 4.78 is 13.3. The van der Waals surface area contributed by atoms with E-state index >= 15 is 0 Å². The molecule has 7 heteroatoms. The first kappa shape index (κ1) is 25.5. The van der Waals surface area contributed by atoms with Crippen molar-refractivity contribution in [2.45, 2.75) is 13.5 Å². The number of amides is 1. The Morgan fingerprint density at radius 1 is 1.06 bits per heavy atom. The molecule has 4 aromatic carbocycles. The zero-order valence-electron chi connectivity index (χ0n) is 19.6. The minimum atomic E-state index is -0.498. The minimum absolute atomic E-state index is 0.0353. The van der Waals surface area contributed by atoms with Crippen LogP contribution in [0, 0.1) is 18.3 Å². The zero-order chi connectivity index (χ0) is 25.7. The highest BCUT2D eigenvalue weighted by Gasteiger charge is 2.15. The van der Waals surface area contributed by atoms with Crippen molar-refractivity contribution in [3.63, 3.8) is 0 Å². The van der Waals surface area contributed by atoms with Crippen LogP contribution in [-0.2, 0) is 11.4 Å². The molecular formula is C29H22Br2N2O3. The number of rotatable bonds is 7. The van der Waals surface area contributed by atoms with Crippen LogP contribution in [0.3, 0.4) is 0 Å². The fourth-order valence-electron chi connectivity index (χ4n) is 3.79. The Bertz CT molecular complexity index is 1510. The van der Waals surface area contributed by atoms with Crippen LogP contribution in [0.4, 0.5) is 5.69 Å². The lowest BCUT2D eigenvalue weighted by molar-refractivity contribution is -0.112. The molecule has 0 aliphatic heterocycles. The highest BCUT2D eigenvalue weighted by Crippen LogP contribution is 2.38. The standard InChI is InChI=1S/C29H22Br2N2O3/c1-18-7-8-20-5-3-4-6-24(20)25(18)17-36-28-26(31)14-19(15-27(28)35-2)13-21(16-32)29(34)33-23-11-9-22(30)10-12-23/h3-15H,17H2,1-2H3,(H,33,34)/b21-13+. The molecule has 36 heavy (non-hydrogen) atoms. The summed E-state index contributed by atoms with van der Waals surface area (Å²) in [6, 6.07) is 25.0. The maximum Gasteiger partial charge on any atom is 0.266 e. The molecule has 1 N–H and O–H groups in total. The molecule has 4 aromatic rings. The van der Waals surface area contributed by atoms with Crippen LogP contribution in [0.5, 0.6) is 11.5 Å². The van der Waals surface area contributed by atoms with Crippen molar-refractivity contribution in [3.8, 4) is 17.6 Å². The number of halogens is 2. The van der Waals surface area contributed by atoms with Gasteiger partial charge in [0, 0.05) is 15.7 Å². The van der Waals surface area contributed by atoms with Gasteiger partial charge in [-0.3, -0.25) is 4.79 Å². The number of nitrogens with zero attached hydrogens (tertiary/aromatic N) is 1. The van der Waals surface area contributed by atoms with Gasteiger partial charge in [0.1, 0.15) is 18.2 Å². The van der Waals surface area contributed by atoms with E-state index in [2.05, 4.69) is 68.4 Å². The summed E-state index contributed by atoms with van der Waals surface area (Å²) in [6.07, 6.45) is 1.51. The SMILES string of the molecule is COc1cc(/C=C(\C#N)C(=O)Nc2ccc(Br)cc2)cc(Br)c1OCc1c(C)ccc2ccccc12. The van der Waals surface area contributed by atoms with E-state index < -0.39 is 5.91 Å². The van der Waals surface area contributed by atoms with Gasteiger partial charge >= 0.3 is 0 Å². The number of methoxy groups -OCH3 is 1. The first-order chi connectivity index (χ1) is 17.4. The fourth-order valence-corrected chi connectivity index (χ4v) is 4.63. The third-order valence-corrected chi connectivity index (χ3v) is 6.78. The normalized spacial score (nSPS) is 11.1. The second-order valence-electron chi connectivity index (χ2n) is 8.04. The van der Waals surface area contributed by atoms with Gasteiger partial charge in [-0.05, 0) is 87.2 Å². The Morgan fingerprint density at radius 2 is 1.81 bits per heavy atom. The lowest BCUT2D eigenvalue weighted by Gasteiger charge is -2.16. The van der Waals surface area contributed by atoms with Gasteiger partial charge in [-0.25, -0.2) is 0 Å². The molecular weight excluding hydrogens is 584 g/mol. The van der Waals surface area contributed by atoms with Crippen molar-refractivity contribution in [2.75, 3.05) is 12.4 Å². The third kappa shape index (κ3) is 5.78. The van der Waals surface area contributed by atoms with Crippen molar-refractivity contribution in [1.29, 1.82) is 5.26 Å². The van der Waals surface area contributed by atoms with E-state index in [9.17, 15) is 10.1 Å². The summed E-state index contributed by atoms with van der Waals surface area (Å²) in [5.41, 5.74) is 3.42. The zero-order valence-corrected chi connectivity index (χ0v) is 22.8. The number of hydrogen-bond donors (Lipinski definition) is 1. The third-order valence-electron chi connectivity index (χ3n) is 5.67. The van der Waals surface area contributed by atoms with Crippen molar-refractivity contribution in [3.05, 3.63) is 104 Å². The van der Waals surface area contributed by atoms with Crippen LogP contribution in [0.15, 0.2) is 87.3 Å². The molecule has 0 saturated carbocycles. The van der Waals surface area contributed by atoms with E-state index in [1.54, 1.807) is 31.4 Å². The number of hydrogen-bond acceptors (Lipinski definition) is 4. The number of nitrogens with one attached hydrogen (secondary N) is 1. The molecule has 0 fully saturated rings. The second-order valence-corrected chi connectivity index (χ2v) is 9.81. The van der Waals surface area contributed by atoms with Gasteiger partial charge in [0.2, 0.25) is 0 Å². The van der Waals surface area contributed by atoms with Gasteiger partial charge in [0.25, 0.3) is 5.91 Å². The number of carbonyl (C=O) groups excluding carboxylic acids is 1. The van der Waals surface area contributed by atoms with Crippen molar-refractivity contribution < 1.29 is 14.3 Å². The monoisotopic (exact) mass is 604 g/mol. The average molecular weight is 606 g/mol. The summed E-state index contributed by atoms with van der Waals surface area (Å²) in [5.74, 6) is 0.528. The predicted molar refractivity (Wildman–Crippen MR) is 150 cm³/mol. The largest absolute Gasteiger partial charge is 0.493 e. The van der Waals surface area contributed by atoms with E-state index in [0.29, 0.717) is 33.8 Å². The van der Waals surface area contributed by atoms with Crippen LogP contribution in [-0.4, -0.2) is 13.0 Å². The van der Waals surface area contributed by atoms with Crippen molar-refractivity contribution in [1.82, 2.24) is 0 Å². The Morgan fingerprint density at radius 3 is 2.53 bits per heavy atom.